The van der Waals surface area contributed by atoms with Crippen molar-refractivity contribution in [2.75, 3.05) is 0 Å². The Morgan fingerprint density at radius 3 is 2.42 bits per heavy atom. The van der Waals surface area contributed by atoms with Crippen molar-refractivity contribution in [2.45, 2.75) is 58.7 Å². The van der Waals surface area contributed by atoms with Crippen LogP contribution in [0.4, 0.5) is 14.0 Å². The lowest BCUT2D eigenvalue weighted by molar-refractivity contribution is -0.148. The Morgan fingerprint density at radius 1 is 1.23 bits per heavy atom. The van der Waals surface area contributed by atoms with Gasteiger partial charge in [0.1, 0.15) is 11.4 Å². The fourth-order valence-electron chi connectivity index (χ4n) is 3.11. The van der Waals surface area contributed by atoms with Gasteiger partial charge in [0.2, 0.25) is 5.91 Å². The normalized spacial score (nSPS) is 18.0. The van der Waals surface area contributed by atoms with Crippen molar-refractivity contribution in [3.63, 3.8) is 0 Å². The molecule has 31 heavy (non-hydrogen) atoms. The number of halogens is 1. The van der Waals surface area contributed by atoms with Crippen molar-refractivity contribution in [3.8, 4) is 0 Å². The smallest absolute Gasteiger partial charge is 0.408 e. The van der Waals surface area contributed by atoms with Gasteiger partial charge in [-0.3, -0.25) is 24.6 Å². The molecule has 1 aromatic rings. The number of ketones is 1. The Bertz CT molecular complexity index is 909. The molecule has 2 rings (SSSR count). The topological polar surface area (TPSA) is 122 Å². The van der Waals surface area contributed by atoms with Gasteiger partial charge < -0.3 is 10.1 Å². The lowest BCUT2D eigenvalue weighted by Crippen LogP contribution is -2.61. The molecule has 2 atom stereocenters. The Morgan fingerprint density at radius 2 is 1.87 bits per heavy atom. The van der Waals surface area contributed by atoms with Crippen LogP contribution in [0, 0.1) is 11.7 Å². The molecule has 10 heteroatoms. The minimum absolute atomic E-state index is 0.250. The van der Waals surface area contributed by atoms with Crippen LogP contribution in [0.3, 0.4) is 0 Å². The molecule has 1 saturated heterocycles. The van der Waals surface area contributed by atoms with E-state index in [-0.39, 0.29) is 5.56 Å². The van der Waals surface area contributed by atoms with Gasteiger partial charge in [0.05, 0.1) is 6.04 Å². The number of Topliss-reactive ketones (excluding diaryl/α,β-unsaturated/α-hetero) is 1. The minimum Gasteiger partial charge on any atom is -0.444 e. The molecule has 9 nitrogen and oxygen atoms in total. The zero-order chi connectivity index (χ0) is 23.5. The molecule has 1 unspecified atom stereocenters. The van der Waals surface area contributed by atoms with Gasteiger partial charge in [-0.15, -0.1) is 0 Å². The molecule has 0 aromatic heterocycles. The summed E-state index contributed by atoms with van der Waals surface area (Å²) in [5, 5.41) is 4.49. The van der Waals surface area contributed by atoms with E-state index in [0.717, 1.165) is 11.0 Å². The van der Waals surface area contributed by atoms with Crippen LogP contribution < -0.4 is 10.6 Å². The van der Waals surface area contributed by atoms with Crippen LogP contribution in [-0.2, 0) is 19.1 Å². The highest BCUT2D eigenvalue weighted by atomic mass is 19.1. The number of alkyl carbamates (subject to hydrolysis) is 1. The van der Waals surface area contributed by atoms with Gasteiger partial charge >= 0.3 is 12.1 Å². The standard InChI is InChI=1S/C21H26FN3O6/c1-11(2)25-18(28)16(17(27)24-19(25)29)15(26)10-14(12-7-6-8-13(22)9-12)23-20(30)31-21(3,4)5/h6-9,11,14,16H,10H2,1-5H3,(H,23,30)(H,24,27,29)/t14-,16?/m1/s1. The highest BCUT2D eigenvalue weighted by molar-refractivity contribution is 6.26. The van der Waals surface area contributed by atoms with Crippen LogP contribution in [0.5, 0.6) is 0 Å². The third-order valence-corrected chi connectivity index (χ3v) is 4.38. The summed E-state index contributed by atoms with van der Waals surface area (Å²) in [5.74, 6) is -5.15. The van der Waals surface area contributed by atoms with Crippen molar-refractivity contribution >= 4 is 29.7 Å². The van der Waals surface area contributed by atoms with Gasteiger partial charge in [0.15, 0.2) is 11.7 Å². The highest BCUT2D eigenvalue weighted by Gasteiger charge is 2.46. The quantitative estimate of drug-likeness (QED) is 0.662. The van der Waals surface area contributed by atoms with Crippen LogP contribution in [0.25, 0.3) is 0 Å². The molecule has 0 bridgehead atoms. The monoisotopic (exact) mass is 435 g/mol. The first-order valence-electron chi connectivity index (χ1n) is 9.75. The minimum atomic E-state index is -1.75. The average molecular weight is 435 g/mol. The van der Waals surface area contributed by atoms with Crippen molar-refractivity contribution in [1.29, 1.82) is 0 Å². The number of nitrogens with zero attached hydrogens (tertiary/aromatic N) is 1. The van der Waals surface area contributed by atoms with E-state index in [1.807, 2.05) is 5.32 Å². The van der Waals surface area contributed by atoms with Crippen LogP contribution in [0.1, 0.15) is 52.6 Å². The first-order chi connectivity index (χ1) is 14.3. The average Bonchev–Trinajstić information content (AvgIpc) is 2.58. The Labute approximate surface area is 179 Å². The van der Waals surface area contributed by atoms with Crippen molar-refractivity contribution < 1.29 is 33.1 Å². The van der Waals surface area contributed by atoms with Gasteiger partial charge in [-0.05, 0) is 52.3 Å². The van der Waals surface area contributed by atoms with Crippen LogP contribution in [-0.4, -0.2) is 46.3 Å². The summed E-state index contributed by atoms with van der Waals surface area (Å²) in [6, 6.07) is 2.67. The number of hydrogen-bond donors (Lipinski definition) is 2. The van der Waals surface area contributed by atoms with Gasteiger partial charge in [0.25, 0.3) is 5.91 Å². The second-order valence-corrected chi connectivity index (χ2v) is 8.45. The predicted octanol–water partition coefficient (Wildman–Crippen LogP) is 2.45. The second kappa shape index (κ2) is 9.23. The number of nitrogens with one attached hydrogen (secondary N) is 2. The van der Waals surface area contributed by atoms with Gasteiger partial charge in [0, 0.05) is 12.5 Å². The number of carbonyl (C=O) groups is 5. The van der Waals surface area contributed by atoms with E-state index in [9.17, 15) is 28.4 Å². The van der Waals surface area contributed by atoms with Crippen molar-refractivity contribution in [3.05, 3.63) is 35.6 Å². The third-order valence-electron chi connectivity index (χ3n) is 4.38. The number of urea groups is 1. The Kier molecular flexibility index (Phi) is 7.14. The Hall–Kier alpha value is -3.30. The summed E-state index contributed by atoms with van der Waals surface area (Å²) in [6.45, 7) is 8.08. The van der Waals surface area contributed by atoms with Crippen LogP contribution in [0.15, 0.2) is 24.3 Å². The summed E-state index contributed by atoms with van der Waals surface area (Å²) in [5.41, 5.74) is -0.572. The molecule has 1 aliphatic heterocycles. The molecule has 1 heterocycles. The summed E-state index contributed by atoms with van der Waals surface area (Å²) in [7, 11) is 0. The summed E-state index contributed by atoms with van der Waals surface area (Å²) in [6.07, 6.45) is -1.35. The largest absolute Gasteiger partial charge is 0.444 e. The Balaban J connectivity index is 2.29. The van der Waals surface area contributed by atoms with Crippen molar-refractivity contribution in [2.24, 2.45) is 5.92 Å². The van der Waals surface area contributed by atoms with E-state index in [2.05, 4.69) is 5.32 Å². The number of barbiturate groups is 1. The predicted molar refractivity (Wildman–Crippen MR) is 107 cm³/mol. The van der Waals surface area contributed by atoms with Gasteiger partial charge in [-0.1, -0.05) is 12.1 Å². The van der Waals surface area contributed by atoms with Gasteiger partial charge in [-0.25, -0.2) is 14.0 Å². The molecule has 0 saturated carbocycles. The maximum absolute atomic E-state index is 13.7. The molecule has 1 aromatic carbocycles. The lowest BCUT2D eigenvalue weighted by Gasteiger charge is -2.32. The third kappa shape index (κ3) is 6.09. The number of ether oxygens (including phenoxy) is 1. The number of hydrogen-bond acceptors (Lipinski definition) is 6. The van der Waals surface area contributed by atoms with E-state index < -0.39 is 65.6 Å². The molecule has 0 radical (unpaired) electrons. The zero-order valence-corrected chi connectivity index (χ0v) is 18.0. The first kappa shape index (κ1) is 24.0. The summed E-state index contributed by atoms with van der Waals surface area (Å²) in [4.78, 5) is 62.8. The molecule has 1 aliphatic rings. The molecule has 1 fully saturated rings. The number of benzene rings is 1. The lowest BCUT2D eigenvalue weighted by atomic mass is 9.91. The van der Waals surface area contributed by atoms with E-state index in [1.54, 1.807) is 34.6 Å². The number of imide groups is 2. The number of rotatable bonds is 6. The second-order valence-electron chi connectivity index (χ2n) is 8.45. The van der Waals surface area contributed by atoms with Crippen LogP contribution in [0.2, 0.25) is 0 Å². The molecular formula is C21H26FN3O6. The number of amides is 5. The maximum atomic E-state index is 13.7. The SMILES string of the molecule is CC(C)N1C(=O)NC(=O)C(C(=O)C[C@@H](NC(=O)OC(C)(C)C)c2cccc(F)c2)C1=O. The van der Waals surface area contributed by atoms with Crippen molar-refractivity contribution in [1.82, 2.24) is 15.5 Å². The molecular weight excluding hydrogens is 409 g/mol. The maximum Gasteiger partial charge on any atom is 0.408 e. The van der Waals surface area contributed by atoms with Crippen LogP contribution >= 0.6 is 0 Å². The zero-order valence-electron chi connectivity index (χ0n) is 18.0. The molecule has 168 valence electrons. The highest BCUT2D eigenvalue weighted by Crippen LogP contribution is 2.24. The van der Waals surface area contributed by atoms with E-state index in [1.165, 1.54) is 18.2 Å². The van der Waals surface area contributed by atoms with E-state index >= 15 is 0 Å². The fraction of sp³-hybridized carbons (Fsp3) is 0.476. The molecule has 2 N–H and O–H groups in total. The summed E-state index contributed by atoms with van der Waals surface area (Å²) >= 11 is 0. The number of carbonyl (C=O) groups excluding carboxylic acids is 5. The van der Waals surface area contributed by atoms with E-state index in [4.69, 9.17) is 4.74 Å². The molecule has 5 amide bonds. The van der Waals surface area contributed by atoms with Gasteiger partial charge in [-0.2, -0.15) is 0 Å². The molecule has 0 spiro atoms. The fourth-order valence-corrected chi connectivity index (χ4v) is 3.11. The summed E-state index contributed by atoms with van der Waals surface area (Å²) < 4.78 is 18.9. The van der Waals surface area contributed by atoms with E-state index in [0.29, 0.717) is 0 Å². The first-order valence-corrected chi connectivity index (χ1v) is 9.75. The molecule has 0 aliphatic carbocycles.